The van der Waals surface area contributed by atoms with E-state index in [1.807, 2.05) is 13.0 Å². The number of methoxy groups -OCH3 is 1. The molecule has 146 valence electrons. The summed E-state index contributed by atoms with van der Waals surface area (Å²) in [4.78, 5) is 15.9. The highest BCUT2D eigenvalue weighted by molar-refractivity contribution is 5.86. The van der Waals surface area contributed by atoms with Crippen LogP contribution in [0.4, 0.5) is 10.2 Å². The van der Waals surface area contributed by atoms with Crippen molar-refractivity contribution < 1.29 is 9.13 Å². The van der Waals surface area contributed by atoms with Gasteiger partial charge in [-0.05, 0) is 31.0 Å². The first-order valence-electron chi connectivity index (χ1n) is 9.38. The maximum Gasteiger partial charge on any atom is 0.213 e. The van der Waals surface area contributed by atoms with Gasteiger partial charge in [-0.2, -0.15) is 5.10 Å². The molecule has 7 nitrogen and oxygen atoms in total. The highest BCUT2D eigenvalue weighted by atomic mass is 19.1. The lowest BCUT2D eigenvalue weighted by Gasteiger charge is -2.29. The molecule has 4 aromatic rings. The van der Waals surface area contributed by atoms with Crippen LogP contribution in [0.1, 0.15) is 17.1 Å². The summed E-state index contributed by atoms with van der Waals surface area (Å²) >= 11 is 0. The SMILES string of the molecule is COc1ccc2c(n1)CN(c1ncnn3c(C)nc(-c4ccccc4F)c13)CC2. The fourth-order valence-corrected chi connectivity index (χ4v) is 3.82. The normalized spacial score (nSPS) is 13.6. The van der Waals surface area contributed by atoms with E-state index in [9.17, 15) is 4.39 Å². The molecule has 0 radical (unpaired) electrons. The van der Waals surface area contributed by atoms with Crippen molar-refractivity contribution in [2.75, 3.05) is 18.6 Å². The van der Waals surface area contributed by atoms with Gasteiger partial charge in [0.15, 0.2) is 5.82 Å². The molecule has 1 aromatic carbocycles. The molecular weight excluding hydrogens is 371 g/mol. The number of anilines is 1. The summed E-state index contributed by atoms with van der Waals surface area (Å²) in [7, 11) is 1.61. The predicted molar refractivity (Wildman–Crippen MR) is 106 cm³/mol. The van der Waals surface area contributed by atoms with Crippen LogP contribution < -0.4 is 9.64 Å². The summed E-state index contributed by atoms with van der Waals surface area (Å²) in [5.41, 5.74) is 3.83. The zero-order chi connectivity index (χ0) is 20.0. The van der Waals surface area contributed by atoms with E-state index < -0.39 is 0 Å². The fourth-order valence-electron chi connectivity index (χ4n) is 3.82. The summed E-state index contributed by atoms with van der Waals surface area (Å²) in [6, 6.07) is 10.6. The van der Waals surface area contributed by atoms with Crippen molar-refractivity contribution >= 4 is 11.3 Å². The topological polar surface area (TPSA) is 68.4 Å². The quantitative estimate of drug-likeness (QED) is 0.535. The molecule has 0 saturated carbocycles. The Morgan fingerprint density at radius 3 is 2.79 bits per heavy atom. The van der Waals surface area contributed by atoms with Gasteiger partial charge in [0.2, 0.25) is 5.88 Å². The van der Waals surface area contributed by atoms with Crippen molar-refractivity contribution in [3.8, 4) is 17.1 Å². The van der Waals surface area contributed by atoms with Crippen molar-refractivity contribution in [3.05, 3.63) is 65.6 Å². The van der Waals surface area contributed by atoms with Crippen LogP contribution in [-0.4, -0.2) is 38.2 Å². The Labute approximate surface area is 166 Å². The van der Waals surface area contributed by atoms with Gasteiger partial charge in [0.05, 0.1) is 19.3 Å². The van der Waals surface area contributed by atoms with Gasteiger partial charge in [0, 0.05) is 18.2 Å². The molecule has 5 rings (SSSR count). The van der Waals surface area contributed by atoms with Crippen molar-refractivity contribution in [1.82, 2.24) is 24.6 Å². The van der Waals surface area contributed by atoms with E-state index >= 15 is 0 Å². The summed E-state index contributed by atoms with van der Waals surface area (Å²) in [6.45, 7) is 3.21. The number of imidazole rings is 1. The van der Waals surface area contributed by atoms with Crippen LogP contribution in [0.5, 0.6) is 5.88 Å². The second-order valence-electron chi connectivity index (χ2n) is 6.96. The average Bonchev–Trinajstić information content (AvgIpc) is 3.10. The molecule has 3 aromatic heterocycles. The smallest absolute Gasteiger partial charge is 0.213 e. The minimum absolute atomic E-state index is 0.322. The number of benzene rings is 1. The van der Waals surface area contributed by atoms with Gasteiger partial charge >= 0.3 is 0 Å². The van der Waals surface area contributed by atoms with Crippen LogP contribution >= 0.6 is 0 Å². The van der Waals surface area contributed by atoms with Crippen LogP contribution in [0.25, 0.3) is 16.8 Å². The fraction of sp³-hybridized carbons (Fsp3) is 0.238. The van der Waals surface area contributed by atoms with Gasteiger partial charge in [0.25, 0.3) is 0 Å². The summed E-state index contributed by atoms with van der Waals surface area (Å²) < 4.78 is 21.5. The monoisotopic (exact) mass is 390 g/mol. The number of nitrogens with zero attached hydrogens (tertiary/aromatic N) is 6. The summed E-state index contributed by atoms with van der Waals surface area (Å²) in [5, 5.41) is 4.34. The molecule has 1 aliphatic rings. The van der Waals surface area contributed by atoms with Crippen molar-refractivity contribution in [2.45, 2.75) is 19.9 Å². The lowest BCUT2D eigenvalue weighted by Crippen LogP contribution is -2.32. The number of hydrogen-bond acceptors (Lipinski definition) is 6. The van der Waals surface area contributed by atoms with E-state index in [4.69, 9.17) is 4.74 Å². The Balaban J connectivity index is 1.65. The van der Waals surface area contributed by atoms with Gasteiger partial charge < -0.3 is 9.64 Å². The second kappa shape index (κ2) is 6.80. The van der Waals surface area contributed by atoms with E-state index in [1.54, 1.807) is 29.8 Å². The zero-order valence-corrected chi connectivity index (χ0v) is 16.1. The molecule has 0 atom stereocenters. The van der Waals surface area contributed by atoms with E-state index in [-0.39, 0.29) is 5.82 Å². The molecule has 0 unspecified atom stereocenters. The molecule has 0 spiro atoms. The standard InChI is InChI=1S/C21H19FN6O/c1-13-25-19(15-5-3-4-6-16(15)22)20-21(23-12-24-28(13)20)27-10-9-14-7-8-18(29-2)26-17(14)11-27/h3-8,12H,9-11H2,1-2H3. The van der Waals surface area contributed by atoms with Crippen LogP contribution in [0, 0.1) is 12.7 Å². The Morgan fingerprint density at radius 2 is 1.97 bits per heavy atom. The highest BCUT2D eigenvalue weighted by Gasteiger charge is 2.25. The van der Waals surface area contributed by atoms with Crippen molar-refractivity contribution in [3.63, 3.8) is 0 Å². The molecule has 0 bridgehead atoms. The minimum atomic E-state index is -0.322. The lowest BCUT2D eigenvalue weighted by atomic mass is 10.0. The van der Waals surface area contributed by atoms with Crippen LogP contribution in [0.15, 0.2) is 42.7 Å². The molecular formula is C21H19FN6O. The van der Waals surface area contributed by atoms with Gasteiger partial charge in [-0.1, -0.05) is 18.2 Å². The maximum absolute atomic E-state index is 14.5. The molecule has 1 aliphatic heterocycles. The van der Waals surface area contributed by atoms with Crippen LogP contribution in [-0.2, 0) is 13.0 Å². The third-order valence-corrected chi connectivity index (χ3v) is 5.25. The van der Waals surface area contributed by atoms with E-state index in [0.717, 1.165) is 18.7 Å². The first-order valence-corrected chi connectivity index (χ1v) is 9.38. The Hall–Kier alpha value is -3.55. The van der Waals surface area contributed by atoms with Crippen molar-refractivity contribution in [2.24, 2.45) is 0 Å². The molecule has 29 heavy (non-hydrogen) atoms. The van der Waals surface area contributed by atoms with Gasteiger partial charge in [-0.15, -0.1) is 0 Å². The predicted octanol–water partition coefficient (Wildman–Crippen LogP) is 3.21. The summed E-state index contributed by atoms with van der Waals surface area (Å²) in [5.74, 6) is 1.66. The third kappa shape index (κ3) is 2.88. The Morgan fingerprint density at radius 1 is 1.10 bits per heavy atom. The number of fused-ring (bicyclic) bond motifs is 2. The van der Waals surface area contributed by atoms with Crippen LogP contribution in [0.2, 0.25) is 0 Å². The molecule has 0 aliphatic carbocycles. The number of pyridine rings is 1. The number of ether oxygens (including phenoxy) is 1. The largest absolute Gasteiger partial charge is 0.481 e. The Bertz CT molecular complexity index is 1220. The molecule has 0 saturated heterocycles. The average molecular weight is 390 g/mol. The summed E-state index contributed by atoms with van der Waals surface area (Å²) in [6.07, 6.45) is 2.35. The molecule has 8 heteroatoms. The van der Waals surface area contributed by atoms with Crippen molar-refractivity contribution in [1.29, 1.82) is 0 Å². The van der Waals surface area contributed by atoms with Crippen LogP contribution in [0.3, 0.4) is 0 Å². The van der Waals surface area contributed by atoms with Gasteiger partial charge in [-0.25, -0.2) is 23.9 Å². The second-order valence-corrected chi connectivity index (χ2v) is 6.96. The Kier molecular flexibility index (Phi) is 4.12. The first kappa shape index (κ1) is 17.5. The van der Waals surface area contributed by atoms with E-state index in [0.29, 0.717) is 40.8 Å². The molecule has 4 heterocycles. The minimum Gasteiger partial charge on any atom is -0.481 e. The first-order chi connectivity index (χ1) is 14.2. The van der Waals surface area contributed by atoms with E-state index in [1.165, 1.54) is 18.0 Å². The lowest BCUT2D eigenvalue weighted by molar-refractivity contribution is 0.395. The number of hydrogen-bond donors (Lipinski definition) is 0. The molecule has 0 N–H and O–H groups in total. The molecule has 0 fully saturated rings. The number of aryl methyl sites for hydroxylation is 1. The highest BCUT2D eigenvalue weighted by Crippen LogP contribution is 2.33. The number of rotatable bonds is 3. The number of halogens is 1. The van der Waals surface area contributed by atoms with E-state index in [2.05, 4.69) is 31.0 Å². The van der Waals surface area contributed by atoms with Gasteiger partial charge in [0.1, 0.15) is 29.2 Å². The van der Waals surface area contributed by atoms with Gasteiger partial charge in [-0.3, -0.25) is 0 Å². The zero-order valence-electron chi connectivity index (χ0n) is 16.1. The number of aromatic nitrogens is 5. The molecule has 0 amide bonds. The third-order valence-electron chi connectivity index (χ3n) is 5.25. The maximum atomic E-state index is 14.5.